The van der Waals surface area contributed by atoms with Crippen molar-refractivity contribution in [1.82, 2.24) is 0 Å². The van der Waals surface area contributed by atoms with Gasteiger partial charge in [0.2, 0.25) is 0 Å². The summed E-state index contributed by atoms with van der Waals surface area (Å²) in [6.07, 6.45) is 13.4. The third-order valence-electron chi connectivity index (χ3n) is 10.2. The lowest BCUT2D eigenvalue weighted by Gasteiger charge is -2.60. The number of hydrogen-bond donors (Lipinski definition) is 1. The van der Waals surface area contributed by atoms with Crippen LogP contribution in [0, 0.1) is 46.3 Å². The number of rotatable bonds is 5. The minimum atomic E-state index is -0.246. The molecule has 0 aromatic carbocycles. The van der Waals surface area contributed by atoms with E-state index in [9.17, 15) is 9.90 Å². The van der Waals surface area contributed by atoms with Crippen LogP contribution >= 0.6 is 0 Å². The van der Waals surface area contributed by atoms with Crippen molar-refractivity contribution in [3.63, 3.8) is 0 Å². The van der Waals surface area contributed by atoms with Crippen molar-refractivity contribution in [3.05, 3.63) is 11.6 Å². The highest BCUT2D eigenvalue weighted by molar-refractivity contribution is 5.91. The maximum atomic E-state index is 12.0. The summed E-state index contributed by atoms with van der Waals surface area (Å²) in [4.78, 5) is 12.0. The van der Waals surface area contributed by atoms with E-state index in [2.05, 4.69) is 34.6 Å². The molecule has 0 radical (unpaired) electrons. The molecular formula is C27H44O2. The van der Waals surface area contributed by atoms with E-state index in [0.717, 1.165) is 30.6 Å². The van der Waals surface area contributed by atoms with Gasteiger partial charge in [0.15, 0.2) is 5.78 Å². The van der Waals surface area contributed by atoms with E-state index in [-0.39, 0.29) is 17.3 Å². The Hall–Kier alpha value is -0.630. The Bertz CT molecular complexity index is 663. The van der Waals surface area contributed by atoms with Crippen LogP contribution in [0.2, 0.25) is 0 Å². The van der Waals surface area contributed by atoms with Gasteiger partial charge in [0.1, 0.15) is 0 Å². The monoisotopic (exact) mass is 400 g/mol. The summed E-state index contributed by atoms with van der Waals surface area (Å²) >= 11 is 0. The van der Waals surface area contributed by atoms with Gasteiger partial charge in [0.05, 0.1) is 6.10 Å². The quantitative estimate of drug-likeness (QED) is 0.567. The predicted molar refractivity (Wildman–Crippen MR) is 119 cm³/mol. The van der Waals surface area contributed by atoms with Crippen molar-refractivity contribution in [2.45, 2.75) is 105 Å². The second kappa shape index (κ2) is 7.81. The lowest BCUT2D eigenvalue weighted by Crippen LogP contribution is -2.55. The summed E-state index contributed by atoms with van der Waals surface area (Å²) < 4.78 is 0. The Morgan fingerprint density at radius 3 is 2.55 bits per heavy atom. The zero-order chi connectivity index (χ0) is 21.0. The van der Waals surface area contributed by atoms with Crippen LogP contribution in [0.3, 0.4) is 0 Å². The van der Waals surface area contributed by atoms with Crippen molar-refractivity contribution in [3.8, 4) is 0 Å². The Morgan fingerprint density at radius 2 is 1.83 bits per heavy atom. The highest BCUT2D eigenvalue weighted by atomic mass is 16.3. The second-order valence-corrected chi connectivity index (χ2v) is 12.1. The highest BCUT2D eigenvalue weighted by Gasteiger charge is 2.61. The Kier molecular flexibility index (Phi) is 5.82. The Labute approximate surface area is 178 Å². The first-order chi connectivity index (χ1) is 13.7. The molecule has 0 aromatic rings. The lowest BCUT2D eigenvalue weighted by atomic mass is 9.45. The van der Waals surface area contributed by atoms with Gasteiger partial charge in [0, 0.05) is 6.42 Å². The average Bonchev–Trinajstić information content (AvgIpc) is 3.00. The fourth-order valence-corrected chi connectivity index (χ4v) is 8.55. The summed E-state index contributed by atoms with van der Waals surface area (Å²) in [5.41, 5.74) is 1.82. The maximum Gasteiger partial charge on any atom is 0.155 e. The van der Waals surface area contributed by atoms with Gasteiger partial charge in [-0.1, -0.05) is 59.5 Å². The third kappa shape index (κ3) is 3.56. The van der Waals surface area contributed by atoms with Crippen LogP contribution in [0.25, 0.3) is 0 Å². The molecule has 8 atom stereocenters. The molecule has 0 aromatic heterocycles. The van der Waals surface area contributed by atoms with E-state index < -0.39 is 0 Å². The minimum absolute atomic E-state index is 0.153. The first-order valence-corrected chi connectivity index (χ1v) is 12.6. The molecule has 2 nitrogen and oxygen atoms in total. The number of fused-ring (bicyclic) bond motifs is 5. The number of aliphatic hydroxyl groups is 1. The first kappa shape index (κ1) is 21.6. The third-order valence-corrected chi connectivity index (χ3v) is 10.2. The largest absolute Gasteiger partial charge is 0.392 e. The fraction of sp³-hybridized carbons (Fsp3) is 0.889. The molecule has 7 unspecified atom stereocenters. The van der Waals surface area contributed by atoms with Crippen LogP contribution in [0.4, 0.5) is 0 Å². The number of hydrogen-bond acceptors (Lipinski definition) is 2. The molecule has 3 fully saturated rings. The minimum Gasteiger partial charge on any atom is -0.392 e. The zero-order valence-corrected chi connectivity index (χ0v) is 19.5. The molecule has 4 rings (SSSR count). The Morgan fingerprint density at radius 1 is 1.07 bits per heavy atom. The molecular weight excluding hydrogens is 356 g/mol. The molecule has 0 spiro atoms. The number of aliphatic hydroxyl groups excluding tert-OH is 1. The molecule has 29 heavy (non-hydrogen) atoms. The van der Waals surface area contributed by atoms with Gasteiger partial charge in [-0.3, -0.25) is 4.79 Å². The fourth-order valence-electron chi connectivity index (χ4n) is 8.55. The smallest absolute Gasteiger partial charge is 0.155 e. The van der Waals surface area contributed by atoms with Crippen LogP contribution < -0.4 is 0 Å². The summed E-state index contributed by atoms with van der Waals surface area (Å²) in [5, 5.41) is 11.3. The van der Waals surface area contributed by atoms with E-state index in [0.29, 0.717) is 29.6 Å². The van der Waals surface area contributed by atoms with Gasteiger partial charge in [-0.05, 0) is 90.9 Å². The van der Waals surface area contributed by atoms with Crippen molar-refractivity contribution in [1.29, 1.82) is 0 Å². The van der Waals surface area contributed by atoms with E-state index in [4.69, 9.17) is 0 Å². The standard InChI is InChI=1S/C27H44O2/c1-17(2)7-6-8-18(3)21-9-10-22-25-23(12-14-27(21,22)5)26(4)13-11-20(28)15-19(26)16-24(25)29/h15,17-18,21-25,29H,6-14,16H2,1-5H3/t18?,21?,22?,23?,24-,25?,26?,27?/m1/s1. The number of ketones is 1. The maximum absolute atomic E-state index is 12.0. The van der Waals surface area contributed by atoms with Gasteiger partial charge < -0.3 is 5.11 Å². The van der Waals surface area contributed by atoms with Crippen LogP contribution in [-0.2, 0) is 4.79 Å². The Balaban J connectivity index is 1.54. The second-order valence-electron chi connectivity index (χ2n) is 12.1. The molecule has 0 bridgehead atoms. The number of carbonyl (C=O) groups is 1. The highest BCUT2D eigenvalue weighted by Crippen LogP contribution is 2.67. The van der Waals surface area contributed by atoms with E-state index in [1.165, 1.54) is 50.5 Å². The van der Waals surface area contributed by atoms with Crippen LogP contribution in [0.15, 0.2) is 11.6 Å². The van der Waals surface area contributed by atoms with E-state index >= 15 is 0 Å². The molecule has 0 heterocycles. The molecule has 0 aliphatic heterocycles. The van der Waals surface area contributed by atoms with Gasteiger partial charge >= 0.3 is 0 Å². The molecule has 3 saturated carbocycles. The molecule has 0 saturated heterocycles. The van der Waals surface area contributed by atoms with Crippen molar-refractivity contribution < 1.29 is 9.90 Å². The van der Waals surface area contributed by atoms with Crippen LogP contribution in [-0.4, -0.2) is 17.0 Å². The first-order valence-electron chi connectivity index (χ1n) is 12.6. The van der Waals surface area contributed by atoms with Crippen molar-refractivity contribution in [2.75, 3.05) is 0 Å². The van der Waals surface area contributed by atoms with Crippen molar-refractivity contribution in [2.24, 2.45) is 46.3 Å². The lowest BCUT2D eigenvalue weighted by molar-refractivity contribution is -0.124. The molecule has 0 amide bonds. The molecule has 4 aliphatic carbocycles. The van der Waals surface area contributed by atoms with Crippen molar-refractivity contribution >= 4 is 5.78 Å². The normalized spacial score (nSPS) is 45.4. The van der Waals surface area contributed by atoms with Gasteiger partial charge in [-0.15, -0.1) is 0 Å². The van der Waals surface area contributed by atoms with E-state index in [1.54, 1.807) is 0 Å². The predicted octanol–water partition coefficient (Wildman–Crippen LogP) is 6.57. The zero-order valence-electron chi connectivity index (χ0n) is 19.5. The topological polar surface area (TPSA) is 37.3 Å². The SMILES string of the molecule is CC(C)CCCC(C)C1CCC2C3C(CCC12C)C1(C)CCC(=O)C=C1C[C@H]3O. The van der Waals surface area contributed by atoms with Crippen LogP contribution in [0.5, 0.6) is 0 Å². The molecule has 164 valence electrons. The van der Waals surface area contributed by atoms with Gasteiger partial charge in [0.25, 0.3) is 0 Å². The molecule has 4 aliphatic rings. The average molecular weight is 401 g/mol. The van der Waals surface area contributed by atoms with E-state index in [1.807, 2.05) is 6.08 Å². The summed E-state index contributed by atoms with van der Waals surface area (Å²) in [5.74, 6) is 4.40. The number of carbonyl (C=O) groups excluding carboxylic acids is 1. The van der Waals surface area contributed by atoms with Gasteiger partial charge in [-0.2, -0.15) is 0 Å². The summed E-state index contributed by atoms with van der Waals surface area (Å²) in [7, 11) is 0. The molecule has 1 N–H and O–H groups in total. The summed E-state index contributed by atoms with van der Waals surface area (Å²) in [6, 6.07) is 0. The summed E-state index contributed by atoms with van der Waals surface area (Å²) in [6.45, 7) is 12.2. The molecule has 2 heteroatoms. The van der Waals surface area contributed by atoms with Crippen LogP contribution in [0.1, 0.15) is 98.8 Å². The van der Waals surface area contributed by atoms with Gasteiger partial charge in [-0.25, -0.2) is 0 Å².